The predicted octanol–water partition coefficient (Wildman–Crippen LogP) is 4.11. The van der Waals surface area contributed by atoms with E-state index in [0.29, 0.717) is 0 Å². The third-order valence-electron chi connectivity index (χ3n) is 5.33. The van der Waals surface area contributed by atoms with Gasteiger partial charge in [-0.15, -0.1) is 0 Å². The molecule has 1 aromatic heterocycles. The zero-order chi connectivity index (χ0) is 17.2. The van der Waals surface area contributed by atoms with E-state index in [1.165, 1.54) is 22.3 Å². The van der Waals surface area contributed by atoms with Crippen molar-refractivity contribution in [2.75, 3.05) is 0 Å². The standard InChI is InChI=1S/C21H18N4/c1-13-6-4-8-16-18(13)21(25-12-15(3)24-20(16)25)14(2)7-5-9-17(21)19-22-10-11-23-19/h4-12H,1-3H3. The molecular weight excluding hydrogens is 308 g/mol. The molecule has 0 bridgehead atoms. The van der Waals surface area contributed by atoms with Crippen LogP contribution < -0.4 is 0 Å². The summed E-state index contributed by atoms with van der Waals surface area (Å²) in [5.41, 5.74) is 6.68. The van der Waals surface area contributed by atoms with Crippen LogP contribution in [0.3, 0.4) is 0 Å². The van der Waals surface area contributed by atoms with Crippen molar-refractivity contribution >= 4 is 12.4 Å². The molecule has 1 aliphatic carbocycles. The van der Waals surface area contributed by atoms with Gasteiger partial charge in [0.25, 0.3) is 0 Å². The smallest absolute Gasteiger partial charge is 0.158 e. The lowest BCUT2D eigenvalue weighted by molar-refractivity contribution is 0.518. The van der Waals surface area contributed by atoms with Gasteiger partial charge in [0.05, 0.1) is 5.69 Å². The topological polar surface area (TPSA) is 42.5 Å². The van der Waals surface area contributed by atoms with E-state index in [4.69, 9.17) is 4.98 Å². The number of imidazole rings is 1. The second-order valence-electron chi connectivity index (χ2n) is 6.79. The number of hydrogen-bond donors (Lipinski definition) is 0. The summed E-state index contributed by atoms with van der Waals surface area (Å²) in [7, 11) is 0. The normalized spacial score (nSPS) is 22.8. The van der Waals surface area contributed by atoms with Gasteiger partial charge in [0.15, 0.2) is 5.82 Å². The Morgan fingerprint density at radius 3 is 2.64 bits per heavy atom. The van der Waals surface area contributed by atoms with E-state index in [2.05, 4.69) is 71.0 Å². The number of allylic oxidation sites excluding steroid dienone is 5. The van der Waals surface area contributed by atoms with Gasteiger partial charge in [-0.3, -0.25) is 0 Å². The quantitative estimate of drug-likeness (QED) is 0.718. The monoisotopic (exact) mass is 326 g/mol. The van der Waals surface area contributed by atoms with Crippen molar-refractivity contribution in [3.8, 4) is 11.4 Å². The Bertz CT molecular complexity index is 1060. The minimum absolute atomic E-state index is 0.430. The van der Waals surface area contributed by atoms with Crippen LogP contribution in [0.25, 0.3) is 11.4 Å². The Hall–Kier alpha value is -3.01. The zero-order valence-corrected chi connectivity index (χ0v) is 14.5. The average molecular weight is 326 g/mol. The molecule has 4 nitrogen and oxygen atoms in total. The van der Waals surface area contributed by atoms with Gasteiger partial charge in [0.1, 0.15) is 11.4 Å². The van der Waals surface area contributed by atoms with Crippen molar-refractivity contribution in [3.63, 3.8) is 0 Å². The minimum Gasteiger partial charge on any atom is -0.312 e. The Morgan fingerprint density at radius 2 is 1.84 bits per heavy atom. The first-order chi connectivity index (χ1) is 12.1. The van der Waals surface area contributed by atoms with Gasteiger partial charge in [0.2, 0.25) is 0 Å². The van der Waals surface area contributed by atoms with Gasteiger partial charge in [-0.1, -0.05) is 36.4 Å². The summed E-state index contributed by atoms with van der Waals surface area (Å²) in [6.45, 7) is 6.41. The van der Waals surface area contributed by atoms with Crippen molar-refractivity contribution in [2.45, 2.75) is 26.3 Å². The van der Waals surface area contributed by atoms with Gasteiger partial charge in [-0.25, -0.2) is 15.0 Å². The van der Waals surface area contributed by atoms with Crippen LogP contribution in [0.1, 0.15) is 23.7 Å². The zero-order valence-electron chi connectivity index (χ0n) is 14.5. The SMILES string of the molecule is CC1=CC=CC(=C2N=CC=N2)C12c1c(C)cccc1-c1nc(C)cn12. The van der Waals surface area contributed by atoms with E-state index in [0.717, 1.165) is 22.9 Å². The molecule has 2 aliphatic heterocycles. The first-order valence-corrected chi connectivity index (χ1v) is 8.48. The molecule has 25 heavy (non-hydrogen) atoms. The third kappa shape index (κ3) is 1.64. The highest BCUT2D eigenvalue weighted by Crippen LogP contribution is 2.55. The largest absolute Gasteiger partial charge is 0.312 e. The summed E-state index contributed by atoms with van der Waals surface area (Å²) in [5, 5.41) is 0. The molecule has 3 aliphatic rings. The van der Waals surface area contributed by atoms with Crippen molar-refractivity contribution < 1.29 is 0 Å². The number of aryl methyl sites for hydroxylation is 2. The molecule has 1 unspecified atom stereocenters. The van der Waals surface area contributed by atoms with Crippen LogP contribution in [0.2, 0.25) is 0 Å². The van der Waals surface area contributed by atoms with E-state index in [1.807, 2.05) is 6.92 Å². The predicted molar refractivity (Wildman–Crippen MR) is 101 cm³/mol. The molecule has 0 amide bonds. The number of fused-ring (bicyclic) bond motifs is 5. The molecule has 0 N–H and O–H groups in total. The lowest BCUT2D eigenvalue weighted by Crippen LogP contribution is -2.37. The van der Waals surface area contributed by atoms with Crippen LogP contribution >= 0.6 is 0 Å². The Morgan fingerprint density at radius 1 is 1.04 bits per heavy atom. The van der Waals surface area contributed by atoms with Crippen LogP contribution in [0.4, 0.5) is 0 Å². The fourth-order valence-electron chi connectivity index (χ4n) is 4.41. The molecule has 0 radical (unpaired) electrons. The number of benzene rings is 1. The highest BCUT2D eigenvalue weighted by atomic mass is 15.2. The van der Waals surface area contributed by atoms with Crippen molar-refractivity contribution in [3.05, 3.63) is 76.4 Å². The summed E-state index contributed by atoms with van der Waals surface area (Å²) in [6, 6.07) is 6.46. The van der Waals surface area contributed by atoms with Crippen LogP contribution in [0.15, 0.2) is 69.6 Å². The van der Waals surface area contributed by atoms with Crippen LogP contribution in [-0.4, -0.2) is 22.0 Å². The van der Waals surface area contributed by atoms with Crippen molar-refractivity contribution in [1.82, 2.24) is 9.55 Å². The fourth-order valence-corrected chi connectivity index (χ4v) is 4.41. The molecular formula is C21H18N4. The number of aliphatic imine (C=N–C) groups is 2. The van der Waals surface area contributed by atoms with Crippen molar-refractivity contribution in [1.29, 1.82) is 0 Å². The van der Waals surface area contributed by atoms with Crippen LogP contribution in [0, 0.1) is 13.8 Å². The fraction of sp³-hybridized carbons (Fsp3) is 0.190. The number of nitrogens with zero attached hydrogens (tertiary/aromatic N) is 4. The van der Waals surface area contributed by atoms with Crippen LogP contribution in [-0.2, 0) is 5.54 Å². The summed E-state index contributed by atoms with van der Waals surface area (Å²) in [5.74, 6) is 1.79. The van der Waals surface area contributed by atoms with Gasteiger partial charge in [-0.05, 0) is 31.9 Å². The molecule has 4 heteroatoms. The molecule has 3 heterocycles. The molecule has 5 rings (SSSR count). The molecule has 0 fully saturated rings. The third-order valence-corrected chi connectivity index (χ3v) is 5.33. The lowest BCUT2D eigenvalue weighted by atomic mass is 9.73. The summed E-state index contributed by atoms with van der Waals surface area (Å²) in [4.78, 5) is 13.9. The maximum absolute atomic E-state index is 4.83. The van der Waals surface area contributed by atoms with Crippen molar-refractivity contribution in [2.24, 2.45) is 9.98 Å². The molecule has 1 atom stereocenters. The number of hydrogen-bond acceptors (Lipinski definition) is 3. The number of aromatic nitrogens is 2. The summed E-state index contributed by atoms with van der Waals surface area (Å²) in [6.07, 6.45) is 12.1. The highest BCUT2D eigenvalue weighted by Gasteiger charge is 2.50. The molecule has 1 spiro atoms. The second kappa shape index (κ2) is 4.76. The number of rotatable bonds is 0. The van der Waals surface area contributed by atoms with E-state index >= 15 is 0 Å². The summed E-state index contributed by atoms with van der Waals surface area (Å²) < 4.78 is 2.31. The maximum atomic E-state index is 4.83. The van der Waals surface area contributed by atoms with Gasteiger partial charge < -0.3 is 4.57 Å². The van der Waals surface area contributed by atoms with E-state index in [1.54, 1.807) is 12.4 Å². The first-order valence-electron chi connectivity index (χ1n) is 8.48. The highest BCUT2D eigenvalue weighted by molar-refractivity contribution is 6.18. The molecule has 2 aromatic rings. The Kier molecular flexibility index (Phi) is 2.73. The van der Waals surface area contributed by atoms with Crippen LogP contribution in [0.5, 0.6) is 0 Å². The average Bonchev–Trinajstić information content (AvgIpc) is 3.28. The Balaban J connectivity index is 1.99. The molecule has 122 valence electrons. The first kappa shape index (κ1) is 14.3. The minimum atomic E-state index is -0.430. The van der Waals surface area contributed by atoms with E-state index in [-0.39, 0.29) is 0 Å². The molecule has 1 aromatic carbocycles. The van der Waals surface area contributed by atoms with Gasteiger partial charge >= 0.3 is 0 Å². The molecule has 0 saturated carbocycles. The summed E-state index contributed by atoms with van der Waals surface area (Å²) >= 11 is 0. The second-order valence-corrected chi connectivity index (χ2v) is 6.79. The Labute approximate surface area is 146 Å². The van der Waals surface area contributed by atoms with Gasteiger partial charge in [-0.2, -0.15) is 0 Å². The lowest BCUT2D eigenvalue weighted by Gasteiger charge is -2.38. The maximum Gasteiger partial charge on any atom is 0.158 e. The van der Waals surface area contributed by atoms with Gasteiger partial charge in [0, 0.05) is 35.3 Å². The van der Waals surface area contributed by atoms with E-state index in [9.17, 15) is 0 Å². The van der Waals surface area contributed by atoms with E-state index < -0.39 is 5.54 Å². The molecule has 0 saturated heterocycles.